The fraction of sp³-hybridized carbons (Fsp3) is 0.933. The Kier molecular flexibility index (Phi) is 5.23. The Morgan fingerprint density at radius 3 is 2.50 bits per heavy atom. The Balaban J connectivity index is 1.48. The molecular formula is C15H28N3O3P. The quantitative estimate of drug-likeness (QED) is 0.419. The van der Waals surface area contributed by atoms with Gasteiger partial charge in [-0.25, -0.2) is 14.4 Å². The summed E-state index contributed by atoms with van der Waals surface area (Å²) in [5.41, 5.74) is 0. The first kappa shape index (κ1) is 16.4. The standard InChI is InChI=1S/C15H28N3O3P/c1-2-21-15(19)7-6-13-4-3-5-14(12-13)16-22(20,17-8-9-17)18-10-11-18/h13-14H,2-12H2,1H3,(H,16,20)/t13-,14-/m0/s1. The summed E-state index contributed by atoms with van der Waals surface area (Å²) in [6.07, 6.45) is 5.88. The van der Waals surface area contributed by atoms with Gasteiger partial charge in [-0.2, -0.15) is 0 Å². The number of carbonyl (C=O) groups excluding carboxylic acids is 1. The lowest BCUT2D eigenvalue weighted by Gasteiger charge is -2.33. The monoisotopic (exact) mass is 329 g/mol. The van der Waals surface area contributed by atoms with E-state index in [1.807, 2.05) is 6.92 Å². The molecule has 2 heterocycles. The predicted molar refractivity (Wildman–Crippen MR) is 85.5 cm³/mol. The van der Waals surface area contributed by atoms with Gasteiger partial charge in [-0.15, -0.1) is 0 Å². The second kappa shape index (κ2) is 7.00. The normalized spacial score (nSPS) is 29.3. The second-order valence-electron chi connectivity index (χ2n) is 6.65. The number of nitrogens with one attached hydrogen (secondary N) is 1. The average Bonchev–Trinajstić information content (AvgIpc) is 3.38. The van der Waals surface area contributed by atoms with Crippen molar-refractivity contribution in [3.05, 3.63) is 0 Å². The molecule has 3 aliphatic rings. The number of hydrogen-bond donors (Lipinski definition) is 1. The zero-order valence-electron chi connectivity index (χ0n) is 13.5. The molecule has 1 aliphatic carbocycles. The van der Waals surface area contributed by atoms with E-state index < -0.39 is 7.59 Å². The van der Waals surface area contributed by atoms with Crippen molar-refractivity contribution in [3.8, 4) is 0 Å². The summed E-state index contributed by atoms with van der Waals surface area (Å²) < 4.78 is 22.3. The summed E-state index contributed by atoms with van der Waals surface area (Å²) in [7, 11) is -2.46. The fourth-order valence-corrected chi connectivity index (χ4v) is 6.10. The lowest BCUT2D eigenvalue weighted by molar-refractivity contribution is -0.143. The van der Waals surface area contributed by atoms with Crippen LogP contribution in [0.15, 0.2) is 0 Å². The third-order valence-corrected chi connectivity index (χ3v) is 7.84. The number of hydrogen-bond acceptors (Lipinski definition) is 3. The highest BCUT2D eigenvalue weighted by Gasteiger charge is 2.48. The molecule has 6 nitrogen and oxygen atoms in total. The molecule has 0 aromatic rings. The molecular weight excluding hydrogens is 301 g/mol. The van der Waals surface area contributed by atoms with E-state index in [-0.39, 0.29) is 5.97 Å². The zero-order chi connectivity index (χ0) is 15.6. The third kappa shape index (κ3) is 4.10. The molecule has 3 rings (SSSR count). The highest BCUT2D eigenvalue weighted by Crippen LogP contribution is 2.57. The molecule has 0 aromatic heterocycles. The molecule has 0 amide bonds. The predicted octanol–water partition coefficient (Wildman–Crippen LogP) is 2.22. The smallest absolute Gasteiger partial charge is 0.305 e. The number of carbonyl (C=O) groups is 1. The molecule has 2 atom stereocenters. The van der Waals surface area contributed by atoms with Crippen molar-refractivity contribution < 1.29 is 14.1 Å². The van der Waals surface area contributed by atoms with Crippen LogP contribution in [0.5, 0.6) is 0 Å². The highest BCUT2D eigenvalue weighted by atomic mass is 31.2. The van der Waals surface area contributed by atoms with Crippen molar-refractivity contribution in [2.24, 2.45) is 5.92 Å². The maximum atomic E-state index is 13.1. The van der Waals surface area contributed by atoms with E-state index in [2.05, 4.69) is 14.4 Å². The maximum Gasteiger partial charge on any atom is 0.305 e. The molecule has 126 valence electrons. The van der Waals surface area contributed by atoms with Gasteiger partial charge in [0.15, 0.2) is 0 Å². The van der Waals surface area contributed by atoms with Crippen LogP contribution in [-0.4, -0.2) is 54.1 Å². The van der Waals surface area contributed by atoms with E-state index in [0.717, 1.165) is 51.9 Å². The second-order valence-corrected chi connectivity index (χ2v) is 9.13. The average molecular weight is 329 g/mol. The van der Waals surface area contributed by atoms with Crippen LogP contribution in [-0.2, 0) is 14.1 Å². The van der Waals surface area contributed by atoms with Crippen molar-refractivity contribution in [3.63, 3.8) is 0 Å². The van der Waals surface area contributed by atoms with E-state index in [4.69, 9.17) is 4.74 Å². The van der Waals surface area contributed by atoms with Gasteiger partial charge in [0.25, 0.3) is 7.59 Å². The minimum atomic E-state index is -2.46. The molecule has 0 spiro atoms. The molecule has 3 fully saturated rings. The van der Waals surface area contributed by atoms with Crippen molar-refractivity contribution >= 4 is 13.6 Å². The summed E-state index contributed by atoms with van der Waals surface area (Å²) >= 11 is 0. The minimum absolute atomic E-state index is 0.0866. The molecule has 0 unspecified atom stereocenters. The van der Waals surface area contributed by atoms with Crippen LogP contribution in [0, 0.1) is 5.92 Å². The largest absolute Gasteiger partial charge is 0.466 e. The van der Waals surface area contributed by atoms with Gasteiger partial charge in [0.2, 0.25) is 0 Å². The number of ether oxygens (including phenoxy) is 1. The molecule has 0 bridgehead atoms. The Bertz CT molecular complexity index is 435. The highest BCUT2D eigenvalue weighted by molar-refractivity contribution is 7.57. The molecule has 1 N–H and O–H groups in total. The number of esters is 1. The first-order valence-electron chi connectivity index (χ1n) is 8.66. The van der Waals surface area contributed by atoms with Crippen LogP contribution in [0.2, 0.25) is 0 Å². The summed E-state index contributed by atoms with van der Waals surface area (Å²) in [6.45, 7) is 6.14. The van der Waals surface area contributed by atoms with Gasteiger partial charge in [0.05, 0.1) is 6.61 Å². The molecule has 2 aliphatic heterocycles. The lowest BCUT2D eigenvalue weighted by Crippen LogP contribution is -2.35. The van der Waals surface area contributed by atoms with E-state index >= 15 is 0 Å². The molecule has 0 aromatic carbocycles. The van der Waals surface area contributed by atoms with Crippen molar-refractivity contribution in [2.45, 2.75) is 51.5 Å². The minimum Gasteiger partial charge on any atom is -0.466 e. The SMILES string of the molecule is CCOC(=O)CC[C@@H]1CCC[C@H](NP(=O)(N2CC2)N2CC2)C1. The van der Waals surface area contributed by atoms with Gasteiger partial charge in [0.1, 0.15) is 0 Å². The fourth-order valence-electron chi connectivity index (χ4n) is 3.44. The number of nitrogens with zero attached hydrogens (tertiary/aromatic N) is 2. The van der Waals surface area contributed by atoms with E-state index in [1.165, 1.54) is 6.42 Å². The van der Waals surface area contributed by atoms with Crippen LogP contribution >= 0.6 is 7.59 Å². The summed E-state index contributed by atoms with van der Waals surface area (Å²) in [5, 5.41) is 3.49. The Morgan fingerprint density at radius 2 is 1.91 bits per heavy atom. The summed E-state index contributed by atoms with van der Waals surface area (Å²) in [5.74, 6) is 0.462. The van der Waals surface area contributed by atoms with Gasteiger partial charge in [0, 0.05) is 38.6 Å². The van der Waals surface area contributed by atoms with E-state index in [1.54, 1.807) is 0 Å². The van der Waals surface area contributed by atoms with Crippen LogP contribution in [0.25, 0.3) is 0 Å². The molecule has 2 saturated heterocycles. The van der Waals surface area contributed by atoms with Crippen molar-refractivity contribution in [1.29, 1.82) is 0 Å². The lowest BCUT2D eigenvalue weighted by atomic mass is 9.83. The van der Waals surface area contributed by atoms with Gasteiger partial charge in [-0.3, -0.25) is 9.36 Å². The molecule has 0 radical (unpaired) electrons. The van der Waals surface area contributed by atoms with Crippen LogP contribution < -0.4 is 5.09 Å². The van der Waals surface area contributed by atoms with Gasteiger partial charge < -0.3 is 4.74 Å². The van der Waals surface area contributed by atoms with Crippen LogP contribution in [0.1, 0.15) is 45.4 Å². The zero-order valence-corrected chi connectivity index (χ0v) is 14.4. The van der Waals surface area contributed by atoms with Crippen molar-refractivity contribution in [2.75, 3.05) is 32.8 Å². The Labute approximate surface area is 133 Å². The molecule has 7 heteroatoms. The summed E-state index contributed by atoms with van der Waals surface area (Å²) in [4.78, 5) is 11.5. The van der Waals surface area contributed by atoms with Gasteiger partial charge >= 0.3 is 5.97 Å². The Morgan fingerprint density at radius 1 is 1.23 bits per heavy atom. The Hall–Kier alpha value is -0.420. The summed E-state index contributed by atoms with van der Waals surface area (Å²) in [6, 6.07) is 0.327. The van der Waals surface area contributed by atoms with E-state index in [0.29, 0.717) is 25.0 Å². The number of rotatable bonds is 8. The van der Waals surface area contributed by atoms with Gasteiger partial charge in [-0.1, -0.05) is 12.8 Å². The topological polar surface area (TPSA) is 61.4 Å². The van der Waals surface area contributed by atoms with Crippen LogP contribution in [0.3, 0.4) is 0 Å². The molecule has 22 heavy (non-hydrogen) atoms. The maximum absolute atomic E-state index is 13.1. The van der Waals surface area contributed by atoms with Crippen LogP contribution in [0.4, 0.5) is 0 Å². The van der Waals surface area contributed by atoms with Gasteiger partial charge in [-0.05, 0) is 32.1 Å². The first-order chi connectivity index (χ1) is 10.6. The van der Waals surface area contributed by atoms with Crippen molar-refractivity contribution in [1.82, 2.24) is 14.4 Å². The molecule has 1 saturated carbocycles. The van der Waals surface area contributed by atoms with E-state index in [9.17, 15) is 9.36 Å². The third-order valence-electron chi connectivity index (χ3n) is 4.81. The first-order valence-corrected chi connectivity index (χ1v) is 10.3.